The third kappa shape index (κ3) is 6.61. The predicted octanol–water partition coefficient (Wildman–Crippen LogP) is 2.33. The van der Waals surface area contributed by atoms with Gasteiger partial charge >= 0.3 is 5.97 Å². The Kier molecular flexibility index (Phi) is 7.43. The Morgan fingerprint density at radius 1 is 1.14 bits per heavy atom. The number of esters is 1. The summed E-state index contributed by atoms with van der Waals surface area (Å²) in [5.41, 5.74) is 1.02. The van der Waals surface area contributed by atoms with Gasteiger partial charge in [-0.2, -0.15) is 0 Å². The highest BCUT2D eigenvalue weighted by molar-refractivity contribution is 5.80. The van der Waals surface area contributed by atoms with Crippen molar-refractivity contribution in [3.8, 4) is 5.75 Å². The van der Waals surface area contributed by atoms with Gasteiger partial charge in [0.2, 0.25) is 0 Å². The number of nitrogens with one attached hydrogen (secondary N) is 1. The van der Waals surface area contributed by atoms with Gasteiger partial charge < -0.3 is 14.8 Å². The average molecular weight is 307 g/mol. The first kappa shape index (κ1) is 18.0. The van der Waals surface area contributed by atoms with E-state index in [9.17, 15) is 9.59 Å². The quantitative estimate of drug-likeness (QED) is 0.749. The number of carbonyl (C=O) groups excluding carboxylic acids is 2. The van der Waals surface area contributed by atoms with Crippen LogP contribution in [0, 0.1) is 5.92 Å². The number of aryl methyl sites for hydroxylation is 1. The standard InChI is InChI=1S/C17H25NO4/c1-12(2)13(3)18-16(19)11-22-17(20)10-7-14-5-8-15(21-4)9-6-14/h5-6,8-9,12-13H,7,10-11H2,1-4H3,(H,18,19). The van der Waals surface area contributed by atoms with E-state index in [0.717, 1.165) is 11.3 Å². The van der Waals surface area contributed by atoms with E-state index in [2.05, 4.69) is 5.32 Å². The molecule has 0 spiro atoms. The number of hydrogen-bond acceptors (Lipinski definition) is 4. The summed E-state index contributed by atoms with van der Waals surface area (Å²) >= 11 is 0. The van der Waals surface area contributed by atoms with Gasteiger partial charge in [-0.05, 0) is 37.0 Å². The molecular weight excluding hydrogens is 282 g/mol. The number of carbonyl (C=O) groups is 2. The fourth-order valence-corrected chi connectivity index (χ4v) is 1.72. The van der Waals surface area contributed by atoms with Gasteiger partial charge in [-0.25, -0.2) is 0 Å². The zero-order valence-electron chi connectivity index (χ0n) is 13.7. The molecule has 0 aliphatic rings. The number of benzene rings is 1. The van der Waals surface area contributed by atoms with Gasteiger partial charge in [0, 0.05) is 12.5 Å². The highest BCUT2D eigenvalue weighted by Crippen LogP contribution is 2.12. The Bertz CT molecular complexity index is 482. The lowest BCUT2D eigenvalue weighted by atomic mass is 10.1. The molecule has 1 unspecified atom stereocenters. The minimum atomic E-state index is -0.372. The molecule has 1 aromatic carbocycles. The summed E-state index contributed by atoms with van der Waals surface area (Å²) in [5, 5.41) is 2.79. The monoisotopic (exact) mass is 307 g/mol. The molecule has 1 rings (SSSR count). The van der Waals surface area contributed by atoms with Crippen LogP contribution in [0.5, 0.6) is 5.75 Å². The van der Waals surface area contributed by atoms with Crippen LogP contribution >= 0.6 is 0 Å². The molecule has 0 bridgehead atoms. The van der Waals surface area contributed by atoms with Crippen molar-refractivity contribution >= 4 is 11.9 Å². The number of rotatable bonds is 8. The third-order valence-electron chi connectivity index (χ3n) is 3.53. The maximum atomic E-state index is 11.6. The second-order valence-corrected chi connectivity index (χ2v) is 5.61. The minimum absolute atomic E-state index is 0.0606. The van der Waals surface area contributed by atoms with Gasteiger partial charge in [0.25, 0.3) is 5.91 Å². The van der Waals surface area contributed by atoms with E-state index >= 15 is 0 Å². The van der Waals surface area contributed by atoms with Crippen LogP contribution in [0.15, 0.2) is 24.3 Å². The molecule has 0 fully saturated rings. The molecule has 5 heteroatoms. The Labute approximate surface area is 132 Å². The zero-order valence-corrected chi connectivity index (χ0v) is 13.7. The number of ether oxygens (including phenoxy) is 2. The van der Waals surface area contributed by atoms with Crippen LogP contribution in [0.1, 0.15) is 32.8 Å². The third-order valence-corrected chi connectivity index (χ3v) is 3.53. The fourth-order valence-electron chi connectivity index (χ4n) is 1.72. The summed E-state index contributed by atoms with van der Waals surface area (Å²) in [7, 11) is 1.61. The molecule has 1 amide bonds. The van der Waals surface area contributed by atoms with Crippen molar-refractivity contribution in [1.29, 1.82) is 0 Å². The Hall–Kier alpha value is -2.04. The first-order valence-corrected chi connectivity index (χ1v) is 7.50. The molecule has 122 valence electrons. The van der Waals surface area contributed by atoms with Gasteiger partial charge in [-0.3, -0.25) is 9.59 Å². The number of hydrogen-bond donors (Lipinski definition) is 1. The largest absolute Gasteiger partial charge is 0.497 e. The van der Waals surface area contributed by atoms with Gasteiger partial charge in [-0.15, -0.1) is 0 Å². The lowest BCUT2D eigenvalue weighted by molar-refractivity contribution is -0.148. The van der Waals surface area contributed by atoms with Crippen LogP contribution in [0.3, 0.4) is 0 Å². The first-order chi connectivity index (χ1) is 10.4. The molecule has 5 nitrogen and oxygen atoms in total. The second-order valence-electron chi connectivity index (χ2n) is 5.61. The van der Waals surface area contributed by atoms with Crippen molar-refractivity contribution in [3.05, 3.63) is 29.8 Å². The van der Waals surface area contributed by atoms with Crippen LogP contribution in [0.2, 0.25) is 0 Å². The van der Waals surface area contributed by atoms with Crippen molar-refractivity contribution in [2.75, 3.05) is 13.7 Å². The SMILES string of the molecule is COc1ccc(CCC(=O)OCC(=O)NC(C)C(C)C)cc1. The molecule has 0 saturated heterocycles. The lowest BCUT2D eigenvalue weighted by Crippen LogP contribution is -2.38. The van der Waals surface area contributed by atoms with E-state index in [1.165, 1.54) is 0 Å². The molecule has 0 heterocycles. The molecule has 1 aromatic rings. The number of methoxy groups -OCH3 is 1. The van der Waals surface area contributed by atoms with Crippen LogP contribution < -0.4 is 10.1 Å². The van der Waals surface area contributed by atoms with Gasteiger partial charge in [0.15, 0.2) is 6.61 Å². The Balaban J connectivity index is 2.26. The summed E-state index contributed by atoms with van der Waals surface area (Å²) in [6.07, 6.45) is 0.826. The highest BCUT2D eigenvalue weighted by atomic mass is 16.5. The predicted molar refractivity (Wildman–Crippen MR) is 84.7 cm³/mol. The van der Waals surface area contributed by atoms with E-state index in [1.54, 1.807) is 7.11 Å². The molecule has 22 heavy (non-hydrogen) atoms. The first-order valence-electron chi connectivity index (χ1n) is 7.50. The summed E-state index contributed by atoms with van der Waals surface area (Å²) < 4.78 is 10.0. The van der Waals surface area contributed by atoms with Crippen molar-refractivity contribution in [2.45, 2.75) is 39.7 Å². The van der Waals surface area contributed by atoms with Crippen LogP contribution in [-0.2, 0) is 20.7 Å². The van der Waals surface area contributed by atoms with Crippen molar-refractivity contribution in [3.63, 3.8) is 0 Å². The summed E-state index contributed by atoms with van der Waals surface area (Å²) in [4.78, 5) is 23.2. The molecule has 0 saturated carbocycles. The van der Waals surface area contributed by atoms with Crippen molar-refractivity contribution < 1.29 is 19.1 Å². The molecular formula is C17H25NO4. The van der Waals surface area contributed by atoms with Gasteiger partial charge in [0.1, 0.15) is 5.75 Å². The molecule has 0 aliphatic heterocycles. The van der Waals surface area contributed by atoms with Gasteiger partial charge in [0.05, 0.1) is 7.11 Å². The Morgan fingerprint density at radius 3 is 2.32 bits per heavy atom. The molecule has 0 aliphatic carbocycles. The van der Waals surface area contributed by atoms with Crippen LogP contribution in [0.25, 0.3) is 0 Å². The molecule has 1 atom stereocenters. The summed E-state index contributed by atoms with van der Waals surface area (Å²) in [6.45, 7) is 5.74. The fraction of sp³-hybridized carbons (Fsp3) is 0.529. The number of amides is 1. The summed E-state index contributed by atoms with van der Waals surface area (Å²) in [6, 6.07) is 7.57. The van der Waals surface area contributed by atoms with E-state index in [-0.39, 0.29) is 30.9 Å². The molecule has 1 N–H and O–H groups in total. The maximum absolute atomic E-state index is 11.6. The van der Waals surface area contributed by atoms with Crippen molar-refractivity contribution in [2.24, 2.45) is 5.92 Å². The van der Waals surface area contributed by atoms with Crippen LogP contribution in [0.4, 0.5) is 0 Å². The van der Waals surface area contributed by atoms with Crippen LogP contribution in [-0.4, -0.2) is 31.6 Å². The highest BCUT2D eigenvalue weighted by Gasteiger charge is 2.12. The van der Waals surface area contributed by atoms with E-state index in [1.807, 2.05) is 45.0 Å². The smallest absolute Gasteiger partial charge is 0.306 e. The van der Waals surface area contributed by atoms with Crippen molar-refractivity contribution in [1.82, 2.24) is 5.32 Å². The summed E-state index contributed by atoms with van der Waals surface area (Å²) in [5.74, 6) is 0.485. The maximum Gasteiger partial charge on any atom is 0.306 e. The average Bonchev–Trinajstić information content (AvgIpc) is 2.51. The van der Waals surface area contributed by atoms with E-state index in [4.69, 9.17) is 9.47 Å². The molecule has 0 aromatic heterocycles. The topological polar surface area (TPSA) is 64.6 Å². The second kappa shape index (κ2) is 9.07. The normalized spacial score (nSPS) is 11.9. The van der Waals surface area contributed by atoms with E-state index in [0.29, 0.717) is 12.3 Å². The molecule has 0 radical (unpaired) electrons. The Morgan fingerprint density at radius 2 is 1.77 bits per heavy atom. The van der Waals surface area contributed by atoms with Gasteiger partial charge in [-0.1, -0.05) is 26.0 Å². The zero-order chi connectivity index (χ0) is 16.5. The van der Waals surface area contributed by atoms with E-state index < -0.39 is 0 Å². The lowest BCUT2D eigenvalue weighted by Gasteiger charge is -2.17. The minimum Gasteiger partial charge on any atom is -0.497 e.